The number of carbonyl (C=O) groups is 1. The van der Waals surface area contributed by atoms with E-state index < -0.39 is 5.97 Å². The van der Waals surface area contributed by atoms with E-state index in [1.54, 1.807) is 31.2 Å². The highest BCUT2D eigenvalue weighted by atomic mass is 79.9. The lowest BCUT2D eigenvalue weighted by molar-refractivity contribution is 0.0527. The van der Waals surface area contributed by atoms with E-state index in [1.165, 1.54) is 23.9 Å². The van der Waals surface area contributed by atoms with Gasteiger partial charge in [-0.25, -0.2) is 9.18 Å². The second-order valence-corrected chi connectivity index (χ2v) is 7.57. The molecular weight excluding hydrogens is 421 g/mol. The molecular formula is C19H17BrFNO3S. The maximum Gasteiger partial charge on any atom is 0.340 e. The smallest absolute Gasteiger partial charge is 0.340 e. The van der Waals surface area contributed by atoms with E-state index in [4.69, 9.17) is 4.74 Å². The van der Waals surface area contributed by atoms with Crippen molar-refractivity contribution >= 4 is 44.6 Å². The molecule has 26 heavy (non-hydrogen) atoms. The standard InChI is InChI=1S/C19H17BrFNO3S/c1-3-25-19(24)18-13-8-17(23)14(20)9-15(13)22(2)16(18)10-26-12-6-4-11(21)5-7-12/h4-9,23H,3,10H2,1-2H3. The Balaban J connectivity index is 2.06. The lowest BCUT2D eigenvalue weighted by Gasteiger charge is -2.08. The van der Waals surface area contributed by atoms with Crippen molar-refractivity contribution in [2.24, 2.45) is 7.05 Å². The molecule has 136 valence electrons. The molecule has 1 N–H and O–H groups in total. The van der Waals surface area contributed by atoms with Gasteiger partial charge in [-0.3, -0.25) is 0 Å². The first-order valence-electron chi connectivity index (χ1n) is 7.97. The van der Waals surface area contributed by atoms with Gasteiger partial charge in [-0.1, -0.05) is 0 Å². The van der Waals surface area contributed by atoms with Crippen molar-refractivity contribution in [2.75, 3.05) is 6.61 Å². The predicted octanol–water partition coefficient (Wildman–Crippen LogP) is 5.25. The van der Waals surface area contributed by atoms with Crippen molar-refractivity contribution in [1.82, 2.24) is 4.57 Å². The summed E-state index contributed by atoms with van der Waals surface area (Å²) in [5.74, 6) is -0.143. The molecule has 4 nitrogen and oxygen atoms in total. The van der Waals surface area contributed by atoms with Crippen molar-refractivity contribution < 1.29 is 19.0 Å². The second kappa shape index (κ2) is 7.72. The monoisotopic (exact) mass is 437 g/mol. The number of carbonyl (C=O) groups excluding carboxylic acids is 1. The van der Waals surface area contributed by atoms with Crippen LogP contribution >= 0.6 is 27.7 Å². The van der Waals surface area contributed by atoms with Gasteiger partial charge in [0, 0.05) is 28.8 Å². The van der Waals surface area contributed by atoms with Crippen molar-refractivity contribution in [3.05, 3.63) is 57.9 Å². The summed E-state index contributed by atoms with van der Waals surface area (Å²) in [5, 5.41) is 10.7. The zero-order valence-corrected chi connectivity index (χ0v) is 16.7. The largest absolute Gasteiger partial charge is 0.507 e. The topological polar surface area (TPSA) is 51.5 Å². The molecule has 0 radical (unpaired) electrons. The molecule has 0 aliphatic heterocycles. The summed E-state index contributed by atoms with van der Waals surface area (Å²) in [5.41, 5.74) is 2.04. The number of aryl methyl sites for hydroxylation is 1. The highest BCUT2D eigenvalue weighted by Crippen LogP contribution is 2.36. The Labute approximate surface area is 163 Å². The molecule has 1 aromatic heterocycles. The van der Waals surface area contributed by atoms with Gasteiger partial charge in [0.05, 0.1) is 22.2 Å². The number of benzene rings is 2. The fourth-order valence-corrected chi connectivity index (χ4v) is 4.08. The van der Waals surface area contributed by atoms with Crippen molar-refractivity contribution in [3.8, 4) is 5.75 Å². The molecule has 2 aromatic carbocycles. The van der Waals surface area contributed by atoms with Crippen LogP contribution in [0.5, 0.6) is 5.75 Å². The van der Waals surface area contributed by atoms with Gasteiger partial charge in [0.1, 0.15) is 11.6 Å². The van der Waals surface area contributed by atoms with E-state index in [1.807, 2.05) is 11.6 Å². The Morgan fingerprint density at radius 1 is 1.31 bits per heavy atom. The number of rotatable bonds is 5. The molecule has 0 bridgehead atoms. The van der Waals surface area contributed by atoms with E-state index in [2.05, 4.69) is 15.9 Å². The third kappa shape index (κ3) is 3.59. The molecule has 0 atom stereocenters. The zero-order valence-electron chi connectivity index (χ0n) is 14.3. The van der Waals surface area contributed by atoms with E-state index >= 15 is 0 Å². The van der Waals surface area contributed by atoms with Crippen LogP contribution in [0.15, 0.2) is 45.8 Å². The van der Waals surface area contributed by atoms with Crippen LogP contribution in [0.3, 0.4) is 0 Å². The first kappa shape index (κ1) is 18.8. The molecule has 0 unspecified atom stereocenters. The number of nitrogens with zero attached hydrogens (tertiary/aromatic N) is 1. The number of aromatic hydroxyl groups is 1. The van der Waals surface area contributed by atoms with Gasteiger partial charge in [-0.05, 0) is 59.3 Å². The Bertz CT molecular complexity index is 969. The molecule has 1 heterocycles. The van der Waals surface area contributed by atoms with Crippen LogP contribution < -0.4 is 0 Å². The molecule has 0 aliphatic rings. The minimum atomic E-state index is -0.422. The highest BCUT2D eigenvalue weighted by molar-refractivity contribution is 9.10. The number of hydrogen-bond donors (Lipinski definition) is 1. The normalized spacial score (nSPS) is 11.1. The molecule has 0 aliphatic carbocycles. The summed E-state index contributed by atoms with van der Waals surface area (Å²) in [6.45, 7) is 2.02. The number of ether oxygens (including phenoxy) is 1. The van der Waals surface area contributed by atoms with Crippen LogP contribution in [0.4, 0.5) is 4.39 Å². The van der Waals surface area contributed by atoms with E-state index in [0.29, 0.717) is 21.2 Å². The molecule has 0 amide bonds. The van der Waals surface area contributed by atoms with Crippen LogP contribution in [-0.2, 0) is 17.5 Å². The molecule has 3 rings (SSSR count). The number of hydrogen-bond acceptors (Lipinski definition) is 4. The summed E-state index contributed by atoms with van der Waals surface area (Å²) in [6.07, 6.45) is 0. The molecule has 0 saturated heterocycles. The van der Waals surface area contributed by atoms with E-state index in [0.717, 1.165) is 16.1 Å². The minimum Gasteiger partial charge on any atom is -0.507 e. The average molecular weight is 438 g/mol. The van der Waals surface area contributed by atoms with Crippen molar-refractivity contribution in [3.63, 3.8) is 0 Å². The summed E-state index contributed by atoms with van der Waals surface area (Å²) in [7, 11) is 1.87. The van der Waals surface area contributed by atoms with Crippen molar-refractivity contribution in [1.29, 1.82) is 0 Å². The third-order valence-corrected chi connectivity index (χ3v) is 5.72. The second-order valence-electron chi connectivity index (χ2n) is 5.66. The number of thioether (sulfide) groups is 1. The van der Waals surface area contributed by atoms with Gasteiger partial charge in [0.25, 0.3) is 0 Å². The van der Waals surface area contributed by atoms with Gasteiger partial charge >= 0.3 is 5.97 Å². The van der Waals surface area contributed by atoms with E-state index in [-0.39, 0.29) is 18.2 Å². The van der Waals surface area contributed by atoms with Gasteiger partial charge in [0.15, 0.2) is 0 Å². The highest BCUT2D eigenvalue weighted by Gasteiger charge is 2.23. The van der Waals surface area contributed by atoms with Gasteiger partial charge in [0.2, 0.25) is 0 Å². The van der Waals surface area contributed by atoms with Gasteiger partial charge in [-0.2, -0.15) is 0 Å². The Hall–Kier alpha value is -1.99. The van der Waals surface area contributed by atoms with Gasteiger partial charge in [-0.15, -0.1) is 11.8 Å². The van der Waals surface area contributed by atoms with Crippen LogP contribution in [0, 0.1) is 5.82 Å². The Kier molecular flexibility index (Phi) is 5.58. The third-order valence-electron chi connectivity index (χ3n) is 4.06. The zero-order chi connectivity index (χ0) is 18.8. The van der Waals surface area contributed by atoms with Crippen LogP contribution in [0.25, 0.3) is 10.9 Å². The summed E-state index contributed by atoms with van der Waals surface area (Å²) < 4.78 is 20.8. The average Bonchev–Trinajstić information content (AvgIpc) is 2.87. The quantitative estimate of drug-likeness (QED) is 0.437. The number of halogens is 2. The fraction of sp³-hybridized carbons (Fsp3) is 0.211. The Morgan fingerprint density at radius 2 is 2.00 bits per heavy atom. The molecule has 3 aromatic rings. The summed E-state index contributed by atoms with van der Waals surface area (Å²) in [4.78, 5) is 13.5. The molecule has 0 fully saturated rings. The maximum atomic E-state index is 13.1. The predicted molar refractivity (Wildman–Crippen MR) is 104 cm³/mol. The number of esters is 1. The van der Waals surface area contributed by atoms with Crippen molar-refractivity contribution in [2.45, 2.75) is 17.6 Å². The number of aromatic nitrogens is 1. The van der Waals surface area contributed by atoms with Gasteiger partial charge < -0.3 is 14.4 Å². The molecule has 7 heteroatoms. The summed E-state index contributed by atoms with van der Waals surface area (Å²) >= 11 is 4.81. The maximum absolute atomic E-state index is 13.1. The Morgan fingerprint density at radius 3 is 2.65 bits per heavy atom. The molecule has 0 spiro atoms. The van der Waals surface area contributed by atoms with E-state index in [9.17, 15) is 14.3 Å². The minimum absolute atomic E-state index is 0.0615. The first-order valence-corrected chi connectivity index (χ1v) is 9.75. The lowest BCUT2D eigenvalue weighted by atomic mass is 10.1. The van der Waals surface area contributed by atoms with Crippen LogP contribution in [-0.4, -0.2) is 22.2 Å². The fourth-order valence-electron chi connectivity index (χ4n) is 2.78. The molecule has 0 saturated carbocycles. The first-order chi connectivity index (χ1) is 12.4. The summed E-state index contributed by atoms with van der Waals surface area (Å²) in [6, 6.07) is 9.57. The lowest BCUT2D eigenvalue weighted by Crippen LogP contribution is -2.08. The number of phenolic OH excluding ortho intramolecular Hbond substituents is 1. The van der Waals surface area contributed by atoms with Crippen LogP contribution in [0.1, 0.15) is 23.0 Å². The van der Waals surface area contributed by atoms with Crippen LogP contribution in [0.2, 0.25) is 0 Å². The number of fused-ring (bicyclic) bond motifs is 1. The number of phenols is 1. The SMILES string of the molecule is CCOC(=O)c1c(CSc2ccc(F)cc2)n(C)c2cc(Br)c(O)cc12.